The first-order valence-corrected chi connectivity index (χ1v) is 41.4. The Labute approximate surface area is 705 Å². The predicted molar refractivity (Wildman–Crippen MR) is 452 cm³/mol. The maximum Gasteiger partial charge on any atom is 0.273 e. The lowest BCUT2D eigenvalue weighted by atomic mass is 9.94. The number of methoxy groups -OCH3 is 1. The molecule has 6 aliphatic rings. The van der Waals surface area contributed by atoms with Gasteiger partial charge in [-0.15, -0.1) is 25.5 Å². The lowest BCUT2D eigenvalue weighted by molar-refractivity contribution is -0.141. The van der Waals surface area contributed by atoms with Gasteiger partial charge in [-0.1, -0.05) is 186 Å². The van der Waals surface area contributed by atoms with Crippen LogP contribution in [0.3, 0.4) is 0 Å². The van der Waals surface area contributed by atoms with Crippen molar-refractivity contribution in [3.8, 4) is 35.3 Å². The van der Waals surface area contributed by atoms with Crippen LogP contribution in [0.2, 0.25) is 0 Å². The number of amides is 5. The number of benzene rings is 5. The Morgan fingerprint density at radius 3 is 1.17 bits per heavy atom. The molecule has 5 aliphatic heterocycles. The predicted octanol–water partition coefficient (Wildman–Crippen LogP) is 13.3. The van der Waals surface area contributed by atoms with E-state index in [0.717, 1.165) is 113 Å². The third kappa shape index (κ3) is 22.9. The topological polar surface area (TPSA) is 272 Å². The van der Waals surface area contributed by atoms with Crippen molar-refractivity contribution in [1.82, 2.24) is 83.4 Å². The molecule has 121 heavy (non-hydrogen) atoms. The molecule has 0 radical (unpaired) electrons. The molecule has 1 fully saturated rings. The summed E-state index contributed by atoms with van der Waals surface area (Å²) < 4.78 is 43.6. The Kier molecular flexibility index (Phi) is 27.7. The molecule has 1 saturated carbocycles. The Balaban J connectivity index is 0.000000124. The fraction of sp³-hybridized carbons (Fsp3) is 0.355. The van der Waals surface area contributed by atoms with E-state index >= 15 is 0 Å². The zero-order chi connectivity index (χ0) is 84.2. The first kappa shape index (κ1) is 84.1. The third-order valence-electron chi connectivity index (χ3n) is 21.4. The maximum atomic E-state index is 12.7. The number of aryl methyl sites for hydroxylation is 1. The zero-order valence-electron chi connectivity index (χ0n) is 69.8. The highest BCUT2D eigenvalue weighted by Crippen LogP contribution is 2.33. The van der Waals surface area contributed by atoms with Crippen molar-refractivity contribution in [1.29, 1.82) is 0 Å². The second-order valence-electron chi connectivity index (χ2n) is 31.7. The summed E-state index contributed by atoms with van der Waals surface area (Å²) in [6.45, 7) is 24.0. The van der Waals surface area contributed by atoms with Gasteiger partial charge in [-0.3, -0.25) is 52.4 Å². The van der Waals surface area contributed by atoms with Gasteiger partial charge in [0.2, 0.25) is 53.0 Å². The number of carbonyl (C=O) groups is 5. The first-order chi connectivity index (χ1) is 58.8. The van der Waals surface area contributed by atoms with E-state index in [-0.39, 0.29) is 40.9 Å². The molecule has 1 atom stereocenters. The summed E-state index contributed by atoms with van der Waals surface area (Å²) >= 11 is 0. The fourth-order valence-electron chi connectivity index (χ4n) is 14.2. The Morgan fingerprint density at radius 1 is 0.405 bits per heavy atom. The average molecular weight is 1640 g/mol. The summed E-state index contributed by atoms with van der Waals surface area (Å²) in [4.78, 5) is 80.2. The monoisotopic (exact) mass is 1640 g/mol. The molecule has 1 aliphatic carbocycles. The highest BCUT2D eigenvalue weighted by molar-refractivity contribution is 5.94. The van der Waals surface area contributed by atoms with E-state index in [1.54, 1.807) is 29.3 Å². The largest absolute Gasteiger partial charge is 0.481 e. The molecule has 12 aromatic rings. The van der Waals surface area contributed by atoms with Crippen molar-refractivity contribution in [2.24, 2.45) is 17.3 Å². The number of aromatic nitrogens is 12. The molecule has 5 aromatic carbocycles. The summed E-state index contributed by atoms with van der Waals surface area (Å²) in [5, 5.41) is 22.4. The fourth-order valence-corrected chi connectivity index (χ4v) is 14.2. The minimum atomic E-state index is -0.352. The van der Waals surface area contributed by atoms with Crippen molar-refractivity contribution >= 4 is 29.5 Å². The highest BCUT2D eigenvalue weighted by Gasteiger charge is 2.36. The van der Waals surface area contributed by atoms with Crippen molar-refractivity contribution in [3.63, 3.8) is 0 Å². The Hall–Kier alpha value is -13.4. The third-order valence-corrected chi connectivity index (χ3v) is 21.4. The summed E-state index contributed by atoms with van der Waals surface area (Å²) in [5.41, 5.74) is 12.2. The lowest BCUT2D eigenvalue weighted by Crippen LogP contribution is -2.43. The summed E-state index contributed by atoms with van der Waals surface area (Å²) in [6.07, 6.45) is 4.73. The minimum absolute atomic E-state index is 0.0494. The lowest BCUT2D eigenvalue weighted by Gasteiger charge is -2.32. The van der Waals surface area contributed by atoms with Crippen LogP contribution in [0.25, 0.3) is 0 Å². The molecule has 28 heteroatoms. The highest BCUT2D eigenvalue weighted by atomic mass is 16.5. The van der Waals surface area contributed by atoms with Gasteiger partial charge in [0, 0.05) is 98.1 Å². The second kappa shape index (κ2) is 39.9. The van der Waals surface area contributed by atoms with E-state index in [0.29, 0.717) is 152 Å². The SMILES string of the molecule is CC(C)(C)C(=O)N1CCn2nc(OCc3ccccc3)cc2C1.CCC(C)C(=O)N1CCn2nc(OCc3ccccc3)cc2C1.COc1cccc(C(=O)N2CCn3nc(OCc4ccccc4)cc3C2)n1.Cc1ccc(C(=O)N2CCn3nc(OCc4ccccn4)cc3C2)cc1.O=C(C1CC1)N1CCn2nc(OCc3ccccc3)cc2C1. The molecule has 0 spiro atoms. The molecule has 7 aromatic heterocycles. The molecule has 28 nitrogen and oxygen atoms in total. The normalized spacial score (nSPS) is 14.6. The molecule has 5 amide bonds. The first-order valence-electron chi connectivity index (χ1n) is 41.4. The minimum Gasteiger partial charge on any atom is -0.481 e. The van der Waals surface area contributed by atoms with E-state index in [4.69, 9.17) is 28.4 Å². The van der Waals surface area contributed by atoms with E-state index in [9.17, 15) is 24.0 Å². The van der Waals surface area contributed by atoms with Crippen LogP contribution in [-0.2, 0) is 113 Å². The molecule has 0 bridgehead atoms. The number of carbonyl (C=O) groups excluding carboxylic acids is 5. The molecule has 12 heterocycles. The zero-order valence-corrected chi connectivity index (χ0v) is 69.8. The van der Waals surface area contributed by atoms with Crippen LogP contribution in [0, 0.1) is 24.2 Å². The van der Waals surface area contributed by atoms with Gasteiger partial charge < -0.3 is 52.9 Å². The summed E-state index contributed by atoms with van der Waals surface area (Å²) in [7, 11) is 1.53. The van der Waals surface area contributed by atoms with Crippen LogP contribution in [0.15, 0.2) is 219 Å². The number of rotatable bonds is 21. The van der Waals surface area contributed by atoms with Crippen LogP contribution in [-0.4, -0.2) is 153 Å². The van der Waals surface area contributed by atoms with Gasteiger partial charge in [0.25, 0.3) is 11.8 Å². The number of hydrogen-bond acceptors (Lipinski definition) is 18. The van der Waals surface area contributed by atoms with Gasteiger partial charge in [0.15, 0.2) is 0 Å². The van der Waals surface area contributed by atoms with Crippen LogP contribution >= 0.6 is 0 Å². The second-order valence-corrected chi connectivity index (χ2v) is 31.7. The van der Waals surface area contributed by atoms with Gasteiger partial charge in [0.05, 0.1) is 107 Å². The smallest absolute Gasteiger partial charge is 0.273 e. The van der Waals surface area contributed by atoms with Crippen molar-refractivity contribution in [3.05, 3.63) is 292 Å². The molecule has 0 saturated heterocycles. The van der Waals surface area contributed by atoms with E-state index in [1.807, 2.05) is 279 Å². The van der Waals surface area contributed by atoms with Crippen LogP contribution < -0.4 is 28.4 Å². The van der Waals surface area contributed by atoms with Crippen LogP contribution in [0.5, 0.6) is 35.3 Å². The quantitative estimate of drug-likeness (QED) is 0.0646. The van der Waals surface area contributed by atoms with E-state index in [2.05, 4.69) is 35.5 Å². The van der Waals surface area contributed by atoms with Crippen molar-refractivity contribution in [2.75, 3.05) is 39.8 Å². The summed E-state index contributed by atoms with van der Waals surface area (Å²) in [6, 6.07) is 68.3. The van der Waals surface area contributed by atoms with Crippen molar-refractivity contribution < 1.29 is 52.4 Å². The number of fused-ring (bicyclic) bond motifs is 5. The van der Waals surface area contributed by atoms with Crippen molar-refractivity contribution in [2.45, 2.75) is 159 Å². The maximum absolute atomic E-state index is 12.7. The molecule has 628 valence electrons. The van der Waals surface area contributed by atoms with Crippen LogP contribution in [0.4, 0.5) is 0 Å². The summed E-state index contributed by atoms with van der Waals surface area (Å²) in [5.74, 6) is 4.46. The number of hydrogen-bond donors (Lipinski definition) is 0. The van der Waals surface area contributed by atoms with Gasteiger partial charge in [0.1, 0.15) is 38.7 Å². The average Bonchev–Trinajstić information content (AvgIpc) is 1.91. The Bertz CT molecular complexity index is 5410. The molecule has 0 N–H and O–H groups in total. The standard InChI is InChI=1S/C20H20N4O3.C20H20N4O2.2C18H23N3O2.C17H19N3O2/c1-26-18-9-5-8-17(21-18)20(25)23-10-11-24-16(13-23)12-19(22-24)27-14-15-6-3-2-4-7-15;1-15-5-7-16(8-6-15)20(25)23-10-11-24-18(13-23)12-19(22-24)26-14-17-4-2-3-9-21-17;1-18(2,3)17(22)20-9-10-21-15(12-20)11-16(19-21)23-13-14-7-5-4-6-8-14;1-3-14(2)18(22)20-9-10-21-16(12-20)11-17(19-21)23-13-15-7-5-4-6-8-15;21-17(14-6-7-14)19-8-9-20-15(11-19)10-16(18-20)22-12-13-4-2-1-3-5-13/h2-9,12H,10-11,13-14H2,1H3;2-9,12H,10-11,13-14H2,1H3;4-8,11H,9-10,12-13H2,1-3H3;4-8,11,14H,3,9-10,12-13H2,1-2H3;1-5,10,14H,6-9,11-12H2. The molecule has 18 rings (SSSR count). The van der Waals surface area contributed by atoms with Crippen LogP contribution in [0.1, 0.15) is 137 Å². The van der Waals surface area contributed by atoms with Gasteiger partial charge in [-0.25, -0.2) is 4.98 Å². The van der Waals surface area contributed by atoms with E-state index in [1.165, 1.54) is 7.11 Å². The molecular weight excluding hydrogens is 1530 g/mol. The Morgan fingerprint density at radius 2 is 0.777 bits per heavy atom. The number of ether oxygens (including phenoxy) is 6. The van der Waals surface area contributed by atoms with Gasteiger partial charge in [-0.05, 0) is 78.8 Å². The molecule has 1 unspecified atom stereocenters. The number of nitrogens with zero attached hydrogens (tertiary/aromatic N) is 17. The van der Waals surface area contributed by atoms with Gasteiger partial charge in [-0.2, -0.15) is 0 Å². The van der Waals surface area contributed by atoms with E-state index < -0.39 is 0 Å². The number of pyridine rings is 2. The van der Waals surface area contributed by atoms with Gasteiger partial charge >= 0.3 is 0 Å². The molecular formula is C93H105N17O11.